The van der Waals surface area contributed by atoms with Crippen LogP contribution < -0.4 is 9.47 Å². The molecule has 146 valence electrons. The van der Waals surface area contributed by atoms with Crippen molar-refractivity contribution < 1.29 is 14.6 Å². The first kappa shape index (κ1) is 19.8. The van der Waals surface area contributed by atoms with Crippen molar-refractivity contribution in [2.24, 2.45) is 0 Å². The van der Waals surface area contributed by atoms with Crippen molar-refractivity contribution in [2.45, 2.75) is 19.2 Å². The molecule has 2 heterocycles. The second kappa shape index (κ2) is 10.4. The van der Waals surface area contributed by atoms with Crippen molar-refractivity contribution in [2.75, 3.05) is 20.3 Å². The molecule has 3 aromatic rings. The molecular weight excluding hydrogens is 354 g/mol. The molecule has 1 N–H and O–H groups in total. The lowest BCUT2D eigenvalue weighted by molar-refractivity contribution is 0.0620. The van der Waals surface area contributed by atoms with E-state index >= 15 is 0 Å². The molecule has 0 aliphatic heterocycles. The minimum absolute atomic E-state index is 0.202. The smallest absolute Gasteiger partial charge is 0.119 e. The standard InChI is InChI=1S/C22H25N3O3/c1-27-21-8-10-22(11-9-21)28-17-20(26)16-25(14-18-6-2-4-12-23-18)15-19-7-3-5-13-24-19/h2-13,20,26H,14-17H2,1H3. The quantitative estimate of drug-likeness (QED) is 0.584. The zero-order valence-electron chi connectivity index (χ0n) is 15.9. The third-order valence-electron chi connectivity index (χ3n) is 4.19. The van der Waals surface area contributed by atoms with E-state index in [0.717, 1.165) is 17.1 Å². The van der Waals surface area contributed by atoms with Crippen LogP contribution in [0.5, 0.6) is 11.5 Å². The van der Waals surface area contributed by atoms with Crippen LogP contribution in [0.4, 0.5) is 0 Å². The fourth-order valence-electron chi connectivity index (χ4n) is 2.84. The molecule has 2 aromatic heterocycles. The Morgan fingerprint density at radius 1 is 0.857 bits per heavy atom. The van der Waals surface area contributed by atoms with E-state index in [1.807, 2.05) is 60.7 Å². The van der Waals surface area contributed by atoms with Gasteiger partial charge in [-0.25, -0.2) is 0 Å². The lowest BCUT2D eigenvalue weighted by atomic mass is 10.2. The highest BCUT2D eigenvalue weighted by Crippen LogP contribution is 2.17. The van der Waals surface area contributed by atoms with Crippen molar-refractivity contribution in [3.05, 3.63) is 84.4 Å². The number of ether oxygens (including phenoxy) is 2. The van der Waals surface area contributed by atoms with Crippen molar-refractivity contribution >= 4 is 0 Å². The highest BCUT2D eigenvalue weighted by Gasteiger charge is 2.15. The fraction of sp³-hybridized carbons (Fsp3) is 0.273. The summed E-state index contributed by atoms with van der Waals surface area (Å²) in [5, 5.41) is 10.5. The first-order valence-electron chi connectivity index (χ1n) is 9.20. The fourth-order valence-corrected chi connectivity index (χ4v) is 2.84. The van der Waals surface area contributed by atoms with Crippen LogP contribution in [0.3, 0.4) is 0 Å². The summed E-state index contributed by atoms with van der Waals surface area (Å²) in [6.45, 7) is 1.89. The van der Waals surface area contributed by atoms with E-state index in [-0.39, 0.29) is 6.61 Å². The molecule has 28 heavy (non-hydrogen) atoms. The van der Waals surface area contributed by atoms with E-state index in [4.69, 9.17) is 9.47 Å². The summed E-state index contributed by atoms with van der Waals surface area (Å²) >= 11 is 0. The number of aliphatic hydroxyl groups is 1. The molecule has 0 saturated heterocycles. The number of aliphatic hydroxyl groups excluding tert-OH is 1. The number of hydrogen-bond donors (Lipinski definition) is 1. The number of benzene rings is 1. The van der Waals surface area contributed by atoms with Crippen LogP contribution in [-0.2, 0) is 13.1 Å². The van der Waals surface area contributed by atoms with Crippen LogP contribution >= 0.6 is 0 Å². The van der Waals surface area contributed by atoms with Crippen LogP contribution in [-0.4, -0.2) is 46.3 Å². The maximum Gasteiger partial charge on any atom is 0.119 e. The Kier molecular flexibility index (Phi) is 7.35. The van der Waals surface area contributed by atoms with Gasteiger partial charge in [0.15, 0.2) is 0 Å². The Morgan fingerprint density at radius 2 is 1.43 bits per heavy atom. The lowest BCUT2D eigenvalue weighted by Crippen LogP contribution is -2.35. The first-order valence-corrected chi connectivity index (χ1v) is 9.20. The lowest BCUT2D eigenvalue weighted by Gasteiger charge is -2.24. The van der Waals surface area contributed by atoms with Gasteiger partial charge in [-0.05, 0) is 48.5 Å². The highest BCUT2D eigenvalue weighted by atomic mass is 16.5. The van der Waals surface area contributed by atoms with Crippen LogP contribution in [0.25, 0.3) is 0 Å². The van der Waals surface area contributed by atoms with Crippen LogP contribution in [0.2, 0.25) is 0 Å². The summed E-state index contributed by atoms with van der Waals surface area (Å²) in [4.78, 5) is 10.9. The summed E-state index contributed by atoms with van der Waals surface area (Å²) in [5.41, 5.74) is 1.89. The van der Waals surface area contributed by atoms with Gasteiger partial charge in [-0.3, -0.25) is 14.9 Å². The largest absolute Gasteiger partial charge is 0.497 e. The highest BCUT2D eigenvalue weighted by molar-refractivity contribution is 5.31. The molecule has 0 saturated carbocycles. The van der Waals surface area contributed by atoms with Gasteiger partial charge in [0.2, 0.25) is 0 Å². The summed E-state index contributed by atoms with van der Waals surface area (Å²) < 4.78 is 10.8. The minimum atomic E-state index is -0.644. The molecule has 1 unspecified atom stereocenters. The van der Waals surface area contributed by atoms with Crippen molar-refractivity contribution in [1.29, 1.82) is 0 Å². The van der Waals surface area contributed by atoms with Crippen molar-refractivity contribution in [3.8, 4) is 11.5 Å². The second-order valence-corrected chi connectivity index (χ2v) is 6.45. The SMILES string of the molecule is COc1ccc(OCC(O)CN(Cc2ccccn2)Cc2ccccn2)cc1. The molecule has 6 heteroatoms. The first-order chi connectivity index (χ1) is 13.7. The Morgan fingerprint density at radius 3 is 1.93 bits per heavy atom. The number of hydrogen-bond acceptors (Lipinski definition) is 6. The average molecular weight is 379 g/mol. The molecule has 3 rings (SSSR count). The van der Waals surface area contributed by atoms with Gasteiger partial charge in [0.05, 0.1) is 18.5 Å². The molecule has 1 aromatic carbocycles. The maximum atomic E-state index is 10.5. The number of rotatable bonds is 10. The van der Waals surface area contributed by atoms with Gasteiger partial charge < -0.3 is 14.6 Å². The molecule has 1 atom stereocenters. The molecule has 0 fully saturated rings. The van der Waals surface area contributed by atoms with Gasteiger partial charge in [-0.1, -0.05) is 12.1 Å². The van der Waals surface area contributed by atoms with Crippen molar-refractivity contribution in [1.82, 2.24) is 14.9 Å². The van der Waals surface area contributed by atoms with E-state index in [1.54, 1.807) is 19.5 Å². The van der Waals surface area contributed by atoms with E-state index in [2.05, 4.69) is 14.9 Å². The summed E-state index contributed by atoms with van der Waals surface area (Å²) in [5.74, 6) is 1.46. The molecule has 0 aliphatic rings. The van der Waals surface area contributed by atoms with E-state index < -0.39 is 6.10 Å². The van der Waals surface area contributed by atoms with Crippen LogP contribution in [0, 0.1) is 0 Å². The molecular formula is C22H25N3O3. The zero-order valence-corrected chi connectivity index (χ0v) is 15.9. The Labute approximate surface area is 165 Å². The second-order valence-electron chi connectivity index (χ2n) is 6.45. The molecule has 0 spiro atoms. The number of aromatic nitrogens is 2. The maximum absolute atomic E-state index is 10.5. The Bertz CT molecular complexity index is 772. The Balaban J connectivity index is 1.58. The Hall–Kier alpha value is -2.96. The third-order valence-corrected chi connectivity index (χ3v) is 4.19. The molecule has 6 nitrogen and oxygen atoms in total. The summed E-state index contributed by atoms with van der Waals surface area (Å²) in [6, 6.07) is 19.0. The molecule has 0 amide bonds. The topological polar surface area (TPSA) is 67.7 Å². The molecule has 0 bridgehead atoms. The molecule has 0 radical (unpaired) electrons. The van der Waals surface area contributed by atoms with Gasteiger partial charge in [0.1, 0.15) is 24.2 Å². The third kappa shape index (κ3) is 6.33. The van der Waals surface area contributed by atoms with Gasteiger partial charge >= 0.3 is 0 Å². The normalized spacial score (nSPS) is 12.0. The van der Waals surface area contributed by atoms with E-state index in [0.29, 0.717) is 25.4 Å². The van der Waals surface area contributed by atoms with Gasteiger partial charge in [-0.2, -0.15) is 0 Å². The van der Waals surface area contributed by atoms with Crippen LogP contribution in [0.1, 0.15) is 11.4 Å². The van der Waals surface area contributed by atoms with E-state index in [9.17, 15) is 5.11 Å². The average Bonchev–Trinajstić information content (AvgIpc) is 2.74. The van der Waals surface area contributed by atoms with E-state index in [1.165, 1.54) is 0 Å². The number of methoxy groups -OCH3 is 1. The summed E-state index contributed by atoms with van der Waals surface area (Å²) in [7, 11) is 1.62. The van der Waals surface area contributed by atoms with Gasteiger partial charge in [-0.15, -0.1) is 0 Å². The predicted molar refractivity (Wildman–Crippen MR) is 107 cm³/mol. The van der Waals surface area contributed by atoms with Gasteiger partial charge in [0.25, 0.3) is 0 Å². The van der Waals surface area contributed by atoms with Crippen LogP contribution in [0.15, 0.2) is 73.1 Å². The minimum Gasteiger partial charge on any atom is -0.497 e. The number of pyridine rings is 2. The zero-order chi connectivity index (χ0) is 19.6. The number of nitrogens with zero attached hydrogens (tertiary/aromatic N) is 3. The van der Waals surface area contributed by atoms with Crippen molar-refractivity contribution in [3.63, 3.8) is 0 Å². The monoisotopic (exact) mass is 379 g/mol. The predicted octanol–water partition coefficient (Wildman–Crippen LogP) is 2.93. The van der Waals surface area contributed by atoms with Gasteiger partial charge in [0, 0.05) is 32.0 Å². The summed E-state index contributed by atoms with van der Waals surface area (Å²) in [6.07, 6.45) is 2.91. The molecule has 0 aliphatic carbocycles.